The minimum absolute atomic E-state index is 0.0877. The molecule has 192 valence electrons. The summed E-state index contributed by atoms with van der Waals surface area (Å²) in [5.74, 6) is -0.629. The quantitative estimate of drug-likeness (QED) is 0.550. The van der Waals surface area contributed by atoms with Crippen LogP contribution in [-0.2, 0) is 21.9 Å². The lowest BCUT2D eigenvalue weighted by atomic mass is 10.0. The van der Waals surface area contributed by atoms with Gasteiger partial charge in [0.1, 0.15) is 5.82 Å². The Balaban J connectivity index is 1.33. The van der Waals surface area contributed by atoms with Crippen LogP contribution in [0.25, 0.3) is 5.57 Å². The summed E-state index contributed by atoms with van der Waals surface area (Å²) >= 11 is 5.67. The number of benzene rings is 1. The first-order valence-corrected chi connectivity index (χ1v) is 11.1. The van der Waals surface area contributed by atoms with Gasteiger partial charge in [0.05, 0.1) is 29.2 Å². The molecular formula is C23H19ClF6N4O2. The molecule has 1 fully saturated rings. The standard InChI is InChI=1S/C23H19ClF6N4O2/c24-18-3-1-14(9-17(18)23(28,29)30)15-5-6-33(11-15)20(35)12-32-7-8-34(21(36)13-32)19-4-2-16(10-31-19)22(25,26)27/h1-5,9-10H,6-8,11-13H2. The summed E-state index contributed by atoms with van der Waals surface area (Å²) in [4.78, 5) is 33.4. The van der Waals surface area contributed by atoms with Crippen molar-refractivity contribution >= 4 is 34.8 Å². The van der Waals surface area contributed by atoms with Gasteiger partial charge < -0.3 is 4.90 Å². The molecule has 3 heterocycles. The first kappa shape index (κ1) is 26.0. The number of hydrogen-bond donors (Lipinski definition) is 0. The average Bonchev–Trinajstić information content (AvgIpc) is 3.29. The lowest BCUT2D eigenvalue weighted by molar-refractivity contribution is -0.138. The van der Waals surface area contributed by atoms with E-state index in [1.807, 2.05) is 0 Å². The van der Waals surface area contributed by atoms with Crippen molar-refractivity contribution in [3.8, 4) is 0 Å². The Hall–Kier alpha value is -3.12. The highest BCUT2D eigenvalue weighted by molar-refractivity contribution is 6.31. The summed E-state index contributed by atoms with van der Waals surface area (Å²) < 4.78 is 77.6. The molecule has 2 aliphatic heterocycles. The molecule has 0 atom stereocenters. The number of halogens is 7. The number of anilines is 1. The molecule has 0 unspecified atom stereocenters. The molecule has 4 rings (SSSR count). The van der Waals surface area contributed by atoms with Crippen LogP contribution in [0.15, 0.2) is 42.6 Å². The fourth-order valence-electron chi connectivity index (χ4n) is 4.00. The van der Waals surface area contributed by atoms with Gasteiger partial charge in [-0.3, -0.25) is 19.4 Å². The molecule has 0 radical (unpaired) electrons. The van der Waals surface area contributed by atoms with Crippen LogP contribution in [0.2, 0.25) is 5.02 Å². The van der Waals surface area contributed by atoms with Crippen LogP contribution >= 0.6 is 11.6 Å². The molecule has 0 spiro atoms. The highest BCUT2D eigenvalue weighted by Crippen LogP contribution is 2.37. The number of rotatable bonds is 4. The summed E-state index contributed by atoms with van der Waals surface area (Å²) in [6, 6.07) is 5.56. The molecule has 0 aliphatic carbocycles. The second-order valence-electron chi connectivity index (χ2n) is 8.35. The lowest BCUT2D eigenvalue weighted by Gasteiger charge is -2.34. The molecule has 1 aromatic heterocycles. The van der Waals surface area contributed by atoms with Gasteiger partial charge in [-0.15, -0.1) is 0 Å². The van der Waals surface area contributed by atoms with Gasteiger partial charge in [0.2, 0.25) is 11.8 Å². The van der Waals surface area contributed by atoms with E-state index < -0.39 is 34.4 Å². The molecule has 2 aromatic rings. The van der Waals surface area contributed by atoms with Crippen LogP contribution in [0.1, 0.15) is 16.7 Å². The lowest BCUT2D eigenvalue weighted by Crippen LogP contribution is -2.53. The number of carbonyl (C=O) groups excluding carboxylic acids is 2. The highest BCUT2D eigenvalue weighted by Gasteiger charge is 2.35. The molecule has 0 saturated carbocycles. The third-order valence-corrected chi connectivity index (χ3v) is 6.25. The van der Waals surface area contributed by atoms with Crippen molar-refractivity contribution in [1.82, 2.24) is 14.8 Å². The Bertz CT molecular complexity index is 1200. The summed E-state index contributed by atoms with van der Waals surface area (Å²) in [7, 11) is 0. The molecular weight excluding hydrogens is 514 g/mol. The molecule has 2 aliphatic rings. The van der Waals surface area contributed by atoms with E-state index in [1.165, 1.54) is 21.9 Å². The molecule has 13 heteroatoms. The summed E-state index contributed by atoms with van der Waals surface area (Å²) in [5.41, 5.74) is -1.00. The smallest absolute Gasteiger partial charge is 0.334 e. The fourth-order valence-corrected chi connectivity index (χ4v) is 4.22. The molecule has 1 aromatic carbocycles. The Morgan fingerprint density at radius 1 is 1.00 bits per heavy atom. The number of alkyl halides is 6. The number of aromatic nitrogens is 1. The highest BCUT2D eigenvalue weighted by atomic mass is 35.5. The van der Waals surface area contributed by atoms with Gasteiger partial charge in [0.25, 0.3) is 0 Å². The van der Waals surface area contributed by atoms with Crippen molar-refractivity contribution in [2.24, 2.45) is 0 Å². The van der Waals surface area contributed by atoms with Gasteiger partial charge in [-0.2, -0.15) is 26.3 Å². The first-order valence-electron chi connectivity index (χ1n) is 10.7. The number of amides is 2. The summed E-state index contributed by atoms with van der Waals surface area (Å²) in [6.45, 7) is 0.534. The number of nitrogens with zero attached hydrogens (tertiary/aromatic N) is 4. The summed E-state index contributed by atoms with van der Waals surface area (Å²) in [5, 5.41) is -0.409. The maximum absolute atomic E-state index is 13.2. The Kier molecular flexibility index (Phi) is 7.02. The van der Waals surface area contributed by atoms with Crippen LogP contribution < -0.4 is 4.90 Å². The van der Waals surface area contributed by atoms with Crippen molar-refractivity contribution in [3.63, 3.8) is 0 Å². The second-order valence-corrected chi connectivity index (χ2v) is 8.76. The zero-order chi connectivity index (χ0) is 26.3. The van der Waals surface area contributed by atoms with Crippen LogP contribution in [0.4, 0.5) is 32.2 Å². The first-order chi connectivity index (χ1) is 16.8. The zero-order valence-electron chi connectivity index (χ0n) is 18.5. The molecule has 36 heavy (non-hydrogen) atoms. The van der Waals surface area contributed by atoms with Crippen LogP contribution in [0.3, 0.4) is 0 Å². The van der Waals surface area contributed by atoms with E-state index in [1.54, 1.807) is 11.0 Å². The third-order valence-electron chi connectivity index (χ3n) is 5.92. The van der Waals surface area contributed by atoms with Gasteiger partial charge in [-0.25, -0.2) is 4.98 Å². The van der Waals surface area contributed by atoms with E-state index in [9.17, 15) is 35.9 Å². The van der Waals surface area contributed by atoms with E-state index in [4.69, 9.17) is 11.6 Å². The zero-order valence-corrected chi connectivity index (χ0v) is 19.3. The number of hydrogen-bond acceptors (Lipinski definition) is 4. The minimum atomic E-state index is -4.60. The van der Waals surface area contributed by atoms with E-state index in [-0.39, 0.29) is 44.4 Å². The van der Waals surface area contributed by atoms with Gasteiger partial charge >= 0.3 is 12.4 Å². The van der Waals surface area contributed by atoms with Gasteiger partial charge in [0.15, 0.2) is 0 Å². The predicted octanol–water partition coefficient (Wildman–Crippen LogP) is 4.35. The second kappa shape index (κ2) is 9.74. The predicted molar refractivity (Wildman–Crippen MR) is 119 cm³/mol. The summed E-state index contributed by atoms with van der Waals surface area (Å²) in [6.07, 6.45) is -6.81. The van der Waals surface area contributed by atoms with Crippen LogP contribution in [0.5, 0.6) is 0 Å². The van der Waals surface area contributed by atoms with Crippen molar-refractivity contribution < 1.29 is 35.9 Å². The van der Waals surface area contributed by atoms with Crippen molar-refractivity contribution in [2.75, 3.05) is 44.2 Å². The van der Waals surface area contributed by atoms with E-state index >= 15 is 0 Å². The van der Waals surface area contributed by atoms with E-state index in [2.05, 4.69) is 4.98 Å². The van der Waals surface area contributed by atoms with Crippen LogP contribution in [-0.4, -0.2) is 65.9 Å². The number of pyridine rings is 1. The average molecular weight is 533 g/mol. The van der Waals surface area contributed by atoms with Crippen molar-refractivity contribution in [2.45, 2.75) is 12.4 Å². The molecule has 6 nitrogen and oxygen atoms in total. The Morgan fingerprint density at radius 2 is 1.75 bits per heavy atom. The molecule has 0 bridgehead atoms. The van der Waals surface area contributed by atoms with Crippen LogP contribution in [0, 0.1) is 0 Å². The Labute approximate surface area is 206 Å². The van der Waals surface area contributed by atoms with Crippen molar-refractivity contribution in [3.05, 3.63) is 64.3 Å². The normalized spacial score (nSPS) is 17.5. The van der Waals surface area contributed by atoms with Crippen molar-refractivity contribution in [1.29, 1.82) is 0 Å². The SMILES string of the molecule is O=C(CN1CCN(c2ccc(C(F)(F)F)cn2)C(=O)C1)N1CC=C(c2ccc(Cl)c(C(F)(F)F)c2)C1. The van der Waals surface area contributed by atoms with Gasteiger partial charge in [0, 0.05) is 32.4 Å². The van der Waals surface area contributed by atoms with E-state index in [0.717, 1.165) is 18.2 Å². The number of piperazine rings is 1. The van der Waals surface area contributed by atoms with Gasteiger partial charge in [-0.1, -0.05) is 23.7 Å². The molecule has 1 saturated heterocycles. The minimum Gasteiger partial charge on any atom is -0.334 e. The van der Waals surface area contributed by atoms with E-state index in [0.29, 0.717) is 23.9 Å². The molecule has 0 N–H and O–H groups in total. The maximum atomic E-state index is 13.2. The van der Waals surface area contributed by atoms with Gasteiger partial charge in [-0.05, 0) is 35.4 Å². The maximum Gasteiger partial charge on any atom is 0.417 e. The molecule has 2 amide bonds. The topological polar surface area (TPSA) is 56.8 Å². The number of carbonyl (C=O) groups is 2. The Morgan fingerprint density at radius 3 is 2.36 bits per heavy atom. The monoisotopic (exact) mass is 532 g/mol. The third kappa shape index (κ3) is 5.65. The fraction of sp³-hybridized carbons (Fsp3) is 0.348. The largest absolute Gasteiger partial charge is 0.417 e.